The number of carbonyl (C=O) groups is 2. The number of benzene rings is 2. The highest BCUT2D eigenvalue weighted by atomic mass is 32.2. The van der Waals surface area contributed by atoms with E-state index in [0.717, 1.165) is 0 Å². The molecule has 0 saturated carbocycles. The van der Waals surface area contributed by atoms with Gasteiger partial charge in [0, 0.05) is 23.5 Å². The van der Waals surface area contributed by atoms with E-state index >= 15 is 0 Å². The standard InChI is InChI=1S/C25H26N4O5S/c1-5-20(30)28-17-11-9-8-10-16(17)22-23(32)26-25(35-4)27-29(22)24(28)15-12-13-18(34-21(31)6-2)19(14-15)33-7-3/h8-14,24H,5-7H2,1-4H3/p+1/t24-/m0/s1. The van der Waals surface area contributed by atoms with Crippen LogP contribution in [-0.4, -0.2) is 34.8 Å². The normalized spacial score (nSPS) is 14.2. The second kappa shape index (κ2) is 10.3. The molecule has 0 aliphatic carbocycles. The molecular formula is C25H27N4O5S+. The maximum absolute atomic E-state index is 13.3. The minimum Gasteiger partial charge on any atom is -0.490 e. The molecule has 0 radical (unpaired) electrons. The molecule has 1 aromatic heterocycles. The summed E-state index contributed by atoms with van der Waals surface area (Å²) >= 11 is 1.30. The van der Waals surface area contributed by atoms with Crippen LogP contribution in [0.25, 0.3) is 11.3 Å². The van der Waals surface area contributed by atoms with Crippen molar-refractivity contribution in [1.82, 2.24) is 10.1 Å². The molecule has 0 saturated heterocycles. The second-order valence-corrected chi connectivity index (χ2v) is 8.53. The Morgan fingerprint density at radius 3 is 2.57 bits per heavy atom. The molecule has 182 valence electrons. The van der Waals surface area contributed by atoms with Crippen LogP contribution >= 0.6 is 11.8 Å². The first-order valence-corrected chi connectivity index (χ1v) is 12.6. The number of hydrogen-bond acceptors (Lipinski definition) is 7. The van der Waals surface area contributed by atoms with E-state index in [4.69, 9.17) is 9.47 Å². The van der Waals surface area contributed by atoms with Gasteiger partial charge >= 0.3 is 17.2 Å². The molecule has 0 bridgehead atoms. The van der Waals surface area contributed by atoms with Crippen molar-refractivity contribution < 1.29 is 23.7 Å². The number of H-pyrrole nitrogens is 1. The Hall–Kier alpha value is -3.66. The zero-order valence-electron chi connectivity index (χ0n) is 20.0. The number of nitrogens with one attached hydrogen (secondary N) is 1. The molecule has 2 heterocycles. The van der Waals surface area contributed by atoms with Gasteiger partial charge in [-0.1, -0.05) is 37.7 Å². The molecule has 1 N–H and O–H groups in total. The lowest BCUT2D eigenvalue weighted by molar-refractivity contribution is -0.763. The summed E-state index contributed by atoms with van der Waals surface area (Å²) in [5.41, 5.74) is 1.93. The van der Waals surface area contributed by atoms with Crippen molar-refractivity contribution in [1.29, 1.82) is 0 Å². The van der Waals surface area contributed by atoms with Crippen LogP contribution in [0.1, 0.15) is 45.3 Å². The summed E-state index contributed by atoms with van der Waals surface area (Å²) in [6.07, 6.45) is 1.54. The van der Waals surface area contributed by atoms with E-state index in [2.05, 4.69) is 10.1 Å². The van der Waals surface area contributed by atoms with Gasteiger partial charge in [-0.3, -0.25) is 19.4 Å². The highest BCUT2D eigenvalue weighted by molar-refractivity contribution is 7.98. The summed E-state index contributed by atoms with van der Waals surface area (Å²) in [7, 11) is 0. The molecule has 0 unspecified atom stereocenters. The van der Waals surface area contributed by atoms with E-state index in [0.29, 0.717) is 45.8 Å². The topological polar surface area (TPSA) is 105 Å². The highest BCUT2D eigenvalue weighted by Crippen LogP contribution is 2.39. The molecule has 3 aromatic rings. The number of ether oxygens (including phenoxy) is 2. The van der Waals surface area contributed by atoms with Gasteiger partial charge < -0.3 is 9.47 Å². The first kappa shape index (κ1) is 24.5. The number of rotatable bonds is 7. The smallest absolute Gasteiger partial charge is 0.325 e. The van der Waals surface area contributed by atoms with Crippen LogP contribution < -0.4 is 24.6 Å². The minimum atomic E-state index is -0.754. The van der Waals surface area contributed by atoms with Gasteiger partial charge in [-0.25, -0.2) is 4.90 Å². The third kappa shape index (κ3) is 4.53. The molecule has 1 amide bonds. The molecule has 1 atom stereocenters. The Labute approximate surface area is 207 Å². The van der Waals surface area contributed by atoms with Crippen molar-refractivity contribution in [3.8, 4) is 22.8 Å². The Morgan fingerprint density at radius 2 is 1.89 bits per heavy atom. The monoisotopic (exact) mass is 495 g/mol. The van der Waals surface area contributed by atoms with Crippen LogP contribution in [0, 0.1) is 0 Å². The van der Waals surface area contributed by atoms with E-state index in [9.17, 15) is 14.4 Å². The fourth-order valence-corrected chi connectivity index (χ4v) is 4.40. The van der Waals surface area contributed by atoms with E-state index in [1.165, 1.54) is 11.8 Å². The van der Waals surface area contributed by atoms with Gasteiger partial charge in [0.2, 0.25) is 11.1 Å². The zero-order valence-corrected chi connectivity index (χ0v) is 20.8. The third-order valence-corrected chi connectivity index (χ3v) is 6.17. The van der Waals surface area contributed by atoms with Gasteiger partial charge in [0.1, 0.15) is 0 Å². The quantitative estimate of drug-likeness (QED) is 0.232. The molecule has 0 fully saturated rings. The molecular weight excluding hydrogens is 468 g/mol. The fourth-order valence-electron chi connectivity index (χ4n) is 4.04. The van der Waals surface area contributed by atoms with Crippen LogP contribution in [0.2, 0.25) is 0 Å². The predicted molar refractivity (Wildman–Crippen MR) is 132 cm³/mol. The van der Waals surface area contributed by atoms with Crippen molar-refractivity contribution in [2.45, 2.75) is 44.9 Å². The molecule has 35 heavy (non-hydrogen) atoms. The summed E-state index contributed by atoms with van der Waals surface area (Å²) in [6.45, 7) is 5.69. The molecule has 0 spiro atoms. The highest BCUT2D eigenvalue weighted by Gasteiger charge is 2.45. The Balaban J connectivity index is 1.99. The molecule has 9 nitrogen and oxygen atoms in total. The van der Waals surface area contributed by atoms with Gasteiger partial charge in [-0.2, -0.15) is 0 Å². The number of para-hydroxylation sites is 1. The van der Waals surface area contributed by atoms with Crippen molar-refractivity contribution in [3.63, 3.8) is 0 Å². The maximum atomic E-state index is 13.3. The number of amides is 1. The van der Waals surface area contributed by atoms with Crippen LogP contribution in [0.3, 0.4) is 0 Å². The number of nitrogens with zero attached hydrogens (tertiary/aromatic N) is 3. The lowest BCUT2D eigenvalue weighted by Crippen LogP contribution is -2.60. The van der Waals surface area contributed by atoms with Crippen molar-refractivity contribution >= 4 is 29.3 Å². The predicted octanol–water partition coefficient (Wildman–Crippen LogP) is 3.46. The summed E-state index contributed by atoms with van der Waals surface area (Å²) in [6, 6.07) is 12.4. The van der Waals surface area contributed by atoms with Crippen LogP contribution in [0.15, 0.2) is 52.4 Å². The van der Waals surface area contributed by atoms with Gasteiger partial charge in [0.15, 0.2) is 11.5 Å². The van der Waals surface area contributed by atoms with E-state index in [1.807, 2.05) is 37.4 Å². The van der Waals surface area contributed by atoms with Gasteiger partial charge in [0.05, 0.1) is 17.9 Å². The lowest BCUT2D eigenvalue weighted by atomic mass is 10.0. The number of aromatic amines is 1. The number of fused-ring (bicyclic) bond motifs is 3. The average molecular weight is 496 g/mol. The Morgan fingerprint density at radius 1 is 1.11 bits per heavy atom. The molecule has 1 aliphatic heterocycles. The summed E-state index contributed by atoms with van der Waals surface area (Å²) in [5.74, 6) is 0.144. The number of carbonyl (C=O) groups excluding carboxylic acids is 2. The molecule has 10 heteroatoms. The van der Waals surface area contributed by atoms with Crippen molar-refractivity contribution in [3.05, 3.63) is 58.4 Å². The largest absolute Gasteiger partial charge is 0.490 e. The maximum Gasteiger partial charge on any atom is 0.325 e. The summed E-state index contributed by atoms with van der Waals surface area (Å²) in [4.78, 5) is 42.9. The fraction of sp³-hybridized carbons (Fsp3) is 0.320. The molecule has 1 aliphatic rings. The zero-order chi connectivity index (χ0) is 25.1. The number of hydrogen-bond donors (Lipinski definition) is 1. The van der Waals surface area contributed by atoms with Gasteiger partial charge in [0.25, 0.3) is 6.17 Å². The van der Waals surface area contributed by atoms with Gasteiger partial charge in [-0.15, -0.1) is 0 Å². The van der Waals surface area contributed by atoms with E-state index in [1.54, 1.807) is 41.6 Å². The second-order valence-electron chi connectivity index (χ2n) is 7.73. The lowest BCUT2D eigenvalue weighted by Gasteiger charge is -2.32. The first-order valence-electron chi connectivity index (χ1n) is 11.4. The minimum absolute atomic E-state index is 0.132. The Kier molecular flexibility index (Phi) is 7.20. The van der Waals surface area contributed by atoms with Crippen molar-refractivity contribution in [2.75, 3.05) is 17.8 Å². The third-order valence-electron chi connectivity index (χ3n) is 5.60. The summed E-state index contributed by atoms with van der Waals surface area (Å²) < 4.78 is 12.8. The van der Waals surface area contributed by atoms with Crippen LogP contribution in [-0.2, 0) is 9.59 Å². The van der Waals surface area contributed by atoms with Gasteiger partial charge in [-0.05, 0) is 48.2 Å². The first-order chi connectivity index (χ1) is 16.9. The molecule has 2 aromatic carbocycles. The van der Waals surface area contributed by atoms with E-state index in [-0.39, 0.29) is 30.3 Å². The molecule has 4 rings (SSSR count). The van der Waals surface area contributed by atoms with Crippen molar-refractivity contribution in [2.24, 2.45) is 0 Å². The van der Waals surface area contributed by atoms with Crippen LogP contribution in [0.5, 0.6) is 11.5 Å². The number of aromatic nitrogens is 3. The number of anilines is 1. The Bertz CT molecular complexity index is 1340. The SMILES string of the molecule is CCOc1cc([C@H]2N(C(=O)CC)c3ccccc3-c3c(=O)[nH]c(SC)n[n+]32)ccc1OC(=O)CC. The van der Waals surface area contributed by atoms with Crippen LogP contribution in [0.4, 0.5) is 5.69 Å². The summed E-state index contributed by atoms with van der Waals surface area (Å²) in [5, 5.41) is 5.10. The van der Waals surface area contributed by atoms with E-state index < -0.39 is 6.17 Å². The number of esters is 1. The average Bonchev–Trinajstić information content (AvgIpc) is 2.88. The number of thioether (sulfide) groups is 1.